The molecule has 2 aromatic rings. The third-order valence-corrected chi connectivity index (χ3v) is 3.79. The van der Waals surface area contributed by atoms with Crippen LogP contribution in [0.1, 0.15) is 30.7 Å². The summed E-state index contributed by atoms with van der Waals surface area (Å²) in [6.45, 7) is 9.60. The van der Waals surface area contributed by atoms with E-state index in [0.29, 0.717) is 0 Å². The maximum Gasteiger partial charge on any atom is 0.0722 e. The maximum absolute atomic E-state index is 4.58. The van der Waals surface area contributed by atoms with Gasteiger partial charge in [-0.2, -0.15) is 0 Å². The number of hydrogen-bond acceptors (Lipinski definition) is 2. The molecule has 2 nitrogen and oxygen atoms in total. The van der Waals surface area contributed by atoms with Gasteiger partial charge in [-0.25, -0.2) is 0 Å². The van der Waals surface area contributed by atoms with Crippen LogP contribution in [0.25, 0.3) is 5.57 Å². The van der Waals surface area contributed by atoms with E-state index in [2.05, 4.69) is 48.9 Å². The van der Waals surface area contributed by atoms with Crippen molar-refractivity contribution in [2.45, 2.75) is 19.3 Å². The van der Waals surface area contributed by atoms with Crippen LogP contribution < -0.4 is 5.32 Å². The van der Waals surface area contributed by atoms with Gasteiger partial charge in [0.2, 0.25) is 0 Å². The first-order chi connectivity index (χ1) is 9.08. The zero-order valence-corrected chi connectivity index (χ0v) is 11.4. The van der Waals surface area contributed by atoms with E-state index >= 15 is 0 Å². The highest BCUT2D eigenvalue weighted by molar-refractivity contribution is 5.78. The molecule has 0 spiro atoms. The molecule has 1 aromatic heterocycles. The van der Waals surface area contributed by atoms with E-state index in [1.807, 2.05) is 24.4 Å². The van der Waals surface area contributed by atoms with Gasteiger partial charge in [-0.3, -0.25) is 4.98 Å². The number of nitrogens with zero attached hydrogens (tertiary/aromatic N) is 1. The topological polar surface area (TPSA) is 24.9 Å². The average molecular weight is 250 g/mol. The van der Waals surface area contributed by atoms with Crippen LogP contribution in [0.4, 0.5) is 5.69 Å². The molecular weight excluding hydrogens is 232 g/mol. The number of hydrogen-bond donors (Lipinski definition) is 1. The molecule has 1 aliphatic heterocycles. The normalized spacial score (nSPS) is 15.7. The fourth-order valence-electron chi connectivity index (χ4n) is 2.50. The maximum atomic E-state index is 4.58. The standard InChI is InChI=1S/C17H18N2/c1-12(13-7-5-4-6-8-13)15-9-16-14(10-18-15)17(2,3)11-19-16/h4-10,19H,1,11H2,2-3H3. The molecule has 0 saturated heterocycles. The molecule has 0 unspecified atom stereocenters. The van der Waals surface area contributed by atoms with Crippen LogP contribution in [-0.2, 0) is 5.41 Å². The Morgan fingerprint density at radius 3 is 2.74 bits per heavy atom. The van der Waals surface area contributed by atoms with Gasteiger partial charge in [0.1, 0.15) is 0 Å². The molecule has 0 bridgehead atoms. The van der Waals surface area contributed by atoms with E-state index < -0.39 is 0 Å². The lowest BCUT2D eigenvalue weighted by atomic mass is 9.88. The zero-order chi connectivity index (χ0) is 13.5. The minimum atomic E-state index is 0.162. The summed E-state index contributed by atoms with van der Waals surface area (Å²) < 4.78 is 0. The van der Waals surface area contributed by atoms with E-state index in [4.69, 9.17) is 0 Å². The van der Waals surface area contributed by atoms with Crippen molar-refractivity contribution in [2.75, 3.05) is 11.9 Å². The van der Waals surface area contributed by atoms with Gasteiger partial charge in [0.05, 0.1) is 5.69 Å². The Morgan fingerprint density at radius 2 is 2.00 bits per heavy atom. The summed E-state index contributed by atoms with van der Waals surface area (Å²) in [7, 11) is 0. The van der Waals surface area contributed by atoms with Crippen molar-refractivity contribution in [2.24, 2.45) is 0 Å². The van der Waals surface area contributed by atoms with Crippen molar-refractivity contribution in [3.63, 3.8) is 0 Å². The zero-order valence-electron chi connectivity index (χ0n) is 11.4. The molecule has 0 atom stereocenters. The SMILES string of the molecule is C=C(c1ccccc1)c1cc2c(cn1)C(C)(C)CN2. The second kappa shape index (κ2) is 4.23. The highest BCUT2D eigenvalue weighted by atomic mass is 14.9. The van der Waals surface area contributed by atoms with Crippen LogP contribution in [-0.4, -0.2) is 11.5 Å². The molecule has 0 aliphatic carbocycles. The number of aromatic nitrogens is 1. The molecule has 1 aliphatic rings. The molecule has 3 rings (SSSR count). The second-order valence-electron chi connectivity index (χ2n) is 5.70. The Hall–Kier alpha value is -2.09. The summed E-state index contributed by atoms with van der Waals surface area (Å²) in [5.74, 6) is 0. The molecule has 0 fully saturated rings. The quantitative estimate of drug-likeness (QED) is 0.875. The Balaban J connectivity index is 1.99. The Kier molecular flexibility index (Phi) is 2.67. The second-order valence-corrected chi connectivity index (χ2v) is 5.70. The van der Waals surface area contributed by atoms with E-state index in [1.165, 1.54) is 11.3 Å². The Labute approximate surface area is 114 Å². The summed E-state index contributed by atoms with van der Waals surface area (Å²) in [6, 6.07) is 12.3. The minimum absolute atomic E-state index is 0.162. The number of rotatable bonds is 2. The predicted octanol–water partition coefficient (Wildman–Crippen LogP) is 3.85. The summed E-state index contributed by atoms with van der Waals surface area (Å²) in [5, 5.41) is 3.46. The lowest BCUT2D eigenvalue weighted by Gasteiger charge is -2.16. The van der Waals surface area contributed by atoms with E-state index in [9.17, 15) is 0 Å². The minimum Gasteiger partial charge on any atom is -0.384 e. The van der Waals surface area contributed by atoms with Gasteiger partial charge < -0.3 is 5.32 Å². The number of pyridine rings is 1. The van der Waals surface area contributed by atoms with Gasteiger partial charge in [-0.15, -0.1) is 0 Å². The third-order valence-electron chi connectivity index (χ3n) is 3.79. The van der Waals surface area contributed by atoms with Crippen molar-refractivity contribution in [1.29, 1.82) is 0 Å². The third kappa shape index (κ3) is 2.03. The number of benzene rings is 1. The van der Waals surface area contributed by atoms with E-state index in [-0.39, 0.29) is 5.41 Å². The molecule has 1 N–H and O–H groups in total. The molecule has 2 heteroatoms. The molecule has 0 amide bonds. The van der Waals surface area contributed by atoms with Crippen LogP contribution >= 0.6 is 0 Å². The summed E-state index contributed by atoms with van der Waals surface area (Å²) in [6.07, 6.45) is 1.98. The van der Waals surface area contributed by atoms with Crippen molar-refractivity contribution >= 4 is 11.3 Å². The number of nitrogens with one attached hydrogen (secondary N) is 1. The Morgan fingerprint density at radius 1 is 1.26 bits per heavy atom. The highest BCUT2D eigenvalue weighted by Crippen LogP contribution is 2.37. The van der Waals surface area contributed by atoms with E-state index in [1.54, 1.807) is 0 Å². The van der Waals surface area contributed by atoms with Gasteiger partial charge in [-0.1, -0.05) is 50.8 Å². The van der Waals surface area contributed by atoms with Crippen molar-refractivity contribution in [3.8, 4) is 0 Å². The highest BCUT2D eigenvalue weighted by Gasteiger charge is 2.30. The van der Waals surface area contributed by atoms with Gasteiger partial charge >= 0.3 is 0 Å². The van der Waals surface area contributed by atoms with Crippen LogP contribution in [0, 0.1) is 0 Å². The molecule has 1 aromatic carbocycles. The van der Waals surface area contributed by atoms with E-state index in [0.717, 1.165) is 23.4 Å². The van der Waals surface area contributed by atoms with Gasteiger partial charge in [0.25, 0.3) is 0 Å². The summed E-state index contributed by atoms with van der Waals surface area (Å²) in [4.78, 5) is 4.58. The van der Waals surface area contributed by atoms with Gasteiger partial charge in [-0.05, 0) is 11.6 Å². The lowest BCUT2D eigenvalue weighted by molar-refractivity contribution is 0.584. The first kappa shape index (κ1) is 12.0. The largest absolute Gasteiger partial charge is 0.384 e. The summed E-state index contributed by atoms with van der Waals surface area (Å²) in [5.41, 5.74) is 5.66. The molecular formula is C17H18N2. The van der Waals surface area contributed by atoms with Gasteiger partial charge in [0, 0.05) is 35.0 Å². The Bertz CT molecular complexity index is 627. The van der Waals surface area contributed by atoms with Crippen LogP contribution in [0.3, 0.4) is 0 Å². The first-order valence-corrected chi connectivity index (χ1v) is 6.57. The van der Waals surface area contributed by atoms with Crippen LogP contribution in [0.2, 0.25) is 0 Å². The van der Waals surface area contributed by atoms with Gasteiger partial charge in [0.15, 0.2) is 0 Å². The monoisotopic (exact) mass is 250 g/mol. The number of anilines is 1. The summed E-state index contributed by atoms with van der Waals surface area (Å²) >= 11 is 0. The van der Waals surface area contributed by atoms with Crippen molar-refractivity contribution < 1.29 is 0 Å². The molecule has 0 saturated carbocycles. The first-order valence-electron chi connectivity index (χ1n) is 6.57. The predicted molar refractivity (Wildman–Crippen MR) is 80.3 cm³/mol. The van der Waals surface area contributed by atoms with Crippen LogP contribution in [0.5, 0.6) is 0 Å². The smallest absolute Gasteiger partial charge is 0.0722 e. The fourth-order valence-corrected chi connectivity index (χ4v) is 2.50. The van der Waals surface area contributed by atoms with Crippen LogP contribution in [0.15, 0.2) is 49.2 Å². The lowest BCUT2D eigenvalue weighted by Crippen LogP contribution is -2.19. The average Bonchev–Trinajstić information content (AvgIpc) is 2.74. The molecule has 19 heavy (non-hydrogen) atoms. The molecule has 96 valence electrons. The van der Waals surface area contributed by atoms with Crippen molar-refractivity contribution in [1.82, 2.24) is 4.98 Å². The molecule has 0 radical (unpaired) electrons. The number of fused-ring (bicyclic) bond motifs is 1. The molecule has 2 heterocycles. The fraction of sp³-hybridized carbons (Fsp3) is 0.235. The van der Waals surface area contributed by atoms with Crippen molar-refractivity contribution in [3.05, 3.63) is 66.0 Å².